The van der Waals surface area contributed by atoms with Crippen molar-refractivity contribution in [2.75, 3.05) is 0 Å². The van der Waals surface area contributed by atoms with E-state index in [-0.39, 0.29) is 11.1 Å². The van der Waals surface area contributed by atoms with Gasteiger partial charge in [-0.05, 0) is 37.1 Å². The molecule has 4 heteroatoms. The molecule has 0 atom stereocenters. The molecule has 90 valence electrons. The molecule has 0 radical (unpaired) electrons. The van der Waals surface area contributed by atoms with Crippen LogP contribution in [0.2, 0.25) is 0 Å². The fourth-order valence-corrected chi connectivity index (χ4v) is 1.93. The maximum atomic E-state index is 12.2. The number of rotatable bonds is 2. The molecule has 0 unspecified atom stereocenters. The van der Waals surface area contributed by atoms with Crippen molar-refractivity contribution in [2.45, 2.75) is 20.4 Å². The second kappa shape index (κ2) is 4.84. The van der Waals surface area contributed by atoms with E-state index in [2.05, 4.69) is 4.98 Å². The van der Waals surface area contributed by atoms with Crippen molar-refractivity contribution in [2.24, 2.45) is 0 Å². The Labute approximate surface area is 105 Å². The van der Waals surface area contributed by atoms with Crippen LogP contribution in [0.3, 0.4) is 0 Å². The van der Waals surface area contributed by atoms with E-state index < -0.39 is 0 Å². The molecule has 0 saturated carbocycles. The quantitative estimate of drug-likeness (QED) is 0.802. The molecular weight excluding hydrogens is 226 g/mol. The van der Waals surface area contributed by atoms with Crippen LogP contribution < -0.4 is 5.56 Å². The van der Waals surface area contributed by atoms with Crippen molar-refractivity contribution in [1.29, 1.82) is 5.26 Å². The summed E-state index contributed by atoms with van der Waals surface area (Å²) in [5, 5.41) is 9.01. The molecule has 0 aliphatic rings. The number of hydrogen-bond donors (Lipinski definition) is 0. The van der Waals surface area contributed by atoms with E-state index in [1.54, 1.807) is 23.9 Å². The van der Waals surface area contributed by atoms with Gasteiger partial charge in [0.05, 0.1) is 6.54 Å². The summed E-state index contributed by atoms with van der Waals surface area (Å²) in [6.45, 7) is 4.08. The second-order valence-electron chi connectivity index (χ2n) is 4.21. The molecule has 2 aromatic rings. The molecule has 2 aromatic heterocycles. The van der Waals surface area contributed by atoms with Crippen LogP contribution in [0, 0.1) is 25.2 Å². The summed E-state index contributed by atoms with van der Waals surface area (Å²) in [4.78, 5) is 16.2. The molecule has 0 amide bonds. The van der Waals surface area contributed by atoms with Crippen molar-refractivity contribution in [3.8, 4) is 6.07 Å². The van der Waals surface area contributed by atoms with E-state index in [0.717, 1.165) is 16.8 Å². The van der Waals surface area contributed by atoms with Gasteiger partial charge in [-0.2, -0.15) is 5.26 Å². The molecule has 0 spiro atoms. The highest BCUT2D eigenvalue weighted by Gasteiger charge is 2.10. The average molecular weight is 239 g/mol. The SMILES string of the molecule is Cc1cc(C)n(Cc2cccnc2)c(=O)c1C#N. The van der Waals surface area contributed by atoms with Crippen LogP contribution in [0.15, 0.2) is 35.4 Å². The van der Waals surface area contributed by atoms with Crippen LogP contribution in [0.1, 0.15) is 22.4 Å². The number of nitriles is 1. The van der Waals surface area contributed by atoms with Crippen molar-refractivity contribution >= 4 is 0 Å². The fourth-order valence-electron chi connectivity index (χ4n) is 1.93. The third-order valence-corrected chi connectivity index (χ3v) is 2.88. The largest absolute Gasteiger partial charge is 0.307 e. The third kappa shape index (κ3) is 2.16. The minimum Gasteiger partial charge on any atom is -0.307 e. The van der Waals surface area contributed by atoms with E-state index in [1.165, 1.54) is 0 Å². The van der Waals surface area contributed by atoms with Crippen LogP contribution in [0.25, 0.3) is 0 Å². The van der Waals surface area contributed by atoms with Crippen LogP contribution >= 0.6 is 0 Å². The van der Waals surface area contributed by atoms with Gasteiger partial charge in [-0.3, -0.25) is 9.78 Å². The zero-order valence-corrected chi connectivity index (χ0v) is 10.3. The molecule has 0 N–H and O–H groups in total. The minimum atomic E-state index is -0.237. The molecule has 0 aliphatic heterocycles. The number of pyridine rings is 2. The van der Waals surface area contributed by atoms with E-state index in [9.17, 15) is 4.79 Å². The lowest BCUT2D eigenvalue weighted by molar-refractivity contribution is 0.722. The Bertz CT molecular complexity index is 666. The monoisotopic (exact) mass is 239 g/mol. The maximum Gasteiger partial charge on any atom is 0.269 e. The fraction of sp³-hybridized carbons (Fsp3) is 0.214. The Hall–Kier alpha value is -2.41. The minimum absolute atomic E-state index is 0.212. The lowest BCUT2D eigenvalue weighted by atomic mass is 10.1. The van der Waals surface area contributed by atoms with Crippen molar-refractivity contribution in [3.63, 3.8) is 0 Å². The Kier molecular flexibility index (Phi) is 3.24. The molecule has 18 heavy (non-hydrogen) atoms. The van der Waals surface area contributed by atoms with Gasteiger partial charge >= 0.3 is 0 Å². The van der Waals surface area contributed by atoms with Gasteiger partial charge < -0.3 is 4.57 Å². The summed E-state index contributed by atoms with van der Waals surface area (Å²) >= 11 is 0. The molecule has 2 rings (SSSR count). The van der Waals surface area contributed by atoms with Crippen molar-refractivity contribution < 1.29 is 0 Å². The highest BCUT2D eigenvalue weighted by Crippen LogP contribution is 2.07. The second-order valence-corrected chi connectivity index (χ2v) is 4.21. The van der Waals surface area contributed by atoms with Crippen molar-refractivity contribution in [3.05, 3.63) is 63.3 Å². The van der Waals surface area contributed by atoms with Gasteiger partial charge in [-0.1, -0.05) is 6.07 Å². The smallest absolute Gasteiger partial charge is 0.269 e. The normalized spacial score (nSPS) is 10.1. The van der Waals surface area contributed by atoms with E-state index in [0.29, 0.717) is 6.54 Å². The molecule has 0 saturated heterocycles. The lowest BCUT2D eigenvalue weighted by Gasteiger charge is -2.11. The predicted octanol–water partition coefficient (Wildman–Crippen LogP) is 1.78. The first-order valence-electron chi connectivity index (χ1n) is 5.63. The summed E-state index contributed by atoms with van der Waals surface area (Å²) in [5.41, 5.74) is 2.49. The summed E-state index contributed by atoms with van der Waals surface area (Å²) in [6, 6.07) is 7.56. The number of aromatic nitrogens is 2. The lowest BCUT2D eigenvalue weighted by Crippen LogP contribution is -2.26. The Morgan fingerprint density at radius 1 is 1.44 bits per heavy atom. The summed E-state index contributed by atoms with van der Waals surface area (Å²) in [6.07, 6.45) is 3.41. The van der Waals surface area contributed by atoms with Crippen LogP contribution in [0.4, 0.5) is 0 Å². The van der Waals surface area contributed by atoms with Gasteiger partial charge in [-0.15, -0.1) is 0 Å². The van der Waals surface area contributed by atoms with Gasteiger partial charge in [0.1, 0.15) is 11.6 Å². The van der Waals surface area contributed by atoms with E-state index in [1.807, 2.05) is 31.2 Å². The summed E-state index contributed by atoms with van der Waals surface area (Å²) < 4.78 is 1.60. The standard InChI is InChI=1S/C14H13N3O/c1-10-6-11(2)17(14(18)13(10)7-15)9-12-4-3-5-16-8-12/h3-6,8H,9H2,1-2H3. The first-order valence-corrected chi connectivity index (χ1v) is 5.63. The number of aryl methyl sites for hydroxylation is 2. The van der Waals surface area contributed by atoms with Gasteiger partial charge in [0.15, 0.2) is 0 Å². The first kappa shape index (κ1) is 12.1. The Balaban J connectivity index is 2.53. The number of hydrogen-bond acceptors (Lipinski definition) is 3. The van der Waals surface area contributed by atoms with Gasteiger partial charge in [0.25, 0.3) is 5.56 Å². The van der Waals surface area contributed by atoms with E-state index in [4.69, 9.17) is 5.26 Å². The molecule has 0 bridgehead atoms. The molecule has 4 nitrogen and oxygen atoms in total. The van der Waals surface area contributed by atoms with Crippen LogP contribution in [-0.2, 0) is 6.54 Å². The highest BCUT2D eigenvalue weighted by atomic mass is 16.1. The third-order valence-electron chi connectivity index (χ3n) is 2.88. The molecule has 0 aliphatic carbocycles. The van der Waals surface area contributed by atoms with Gasteiger partial charge in [-0.25, -0.2) is 0 Å². The molecule has 2 heterocycles. The highest BCUT2D eigenvalue weighted by molar-refractivity contribution is 5.36. The van der Waals surface area contributed by atoms with Crippen LogP contribution in [0.5, 0.6) is 0 Å². The van der Waals surface area contributed by atoms with Crippen molar-refractivity contribution in [1.82, 2.24) is 9.55 Å². The zero-order chi connectivity index (χ0) is 13.1. The average Bonchev–Trinajstić information content (AvgIpc) is 2.36. The zero-order valence-electron chi connectivity index (χ0n) is 10.3. The van der Waals surface area contributed by atoms with Gasteiger partial charge in [0.2, 0.25) is 0 Å². The topological polar surface area (TPSA) is 58.7 Å². The predicted molar refractivity (Wildman–Crippen MR) is 68.2 cm³/mol. The molecular formula is C14H13N3O. The maximum absolute atomic E-state index is 12.2. The first-order chi connectivity index (χ1) is 8.63. The van der Waals surface area contributed by atoms with E-state index >= 15 is 0 Å². The Morgan fingerprint density at radius 2 is 2.22 bits per heavy atom. The van der Waals surface area contributed by atoms with Gasteiger partial charge in [0, 0.05) is 18.1 Å². The molecule has 0 aromatic carbocycles. The number of nitrogens with zero attached hydrogens (tertiary/aromatic N) is 3. The van der Waals surface area contributed by atoms with Crippen LogP contribution in [-0.4, -0.2) is 9.55 Å². The summed E-state index contributed by atoms with van der Waals surface area (Å²) in [7, 11) is 0. The summed E-state index contributed by atoms with van der Waals surface area (Å²) in [5.74, 6) is 0. The molecule has 0 fully saturated rings. The Morgan fingerprint density at radius 3 is 2.83 bits per heavy atom.